The van der Waals surface area contributed by atoms with Crippen LogP contribution in [0.3, 0.4) is 0 Å². The highest BCUT2D eigenvalue weighted by Crippen LogP contribution is 2.31. The van der Waals surface area contributed by atoms with Crippen LogP contribution in [-0.4, -0.2) is 30.4 Å². The molecule has 1 aliphatic rings. The van der Waals surface area contributed by atoms with Crippen LogP contribution in [0.15, 0.2) is 40.9 Å². The van der Waals surface area contributed by atoms with Crippen LogP contribution in [-0.2, 0) is 0 Å². The van der Waals surface area contributed by atoms with Crippen molar-refractivity contribution in [2.24, 2.45) is 11.1 Å². The number of carbonyl (C=O) groups excluding carboxylic acids is 1. The summed E-state index contributed by atoms with van der Waals surface area (Å²) in [6.45, 7) is 4.30. The van der Waals surface area contributed by atoms with E-state index in [1.807, 2.05) is 41.3 Å². The molecule has 0 radical (unpaired) electrons. The maximum atomic E-state index is 12.9. The van der Waals surface area contributed by atoms with Crippen LogP contribution < -0.4 is 5.73 Å². The molecule has 1 saturated heterocycles. The summed E-state index contributed by atoms with van der Waals surface area (Å²) in [5.41, 5.74) is 6.66. The molecule has 0 saturated carbocycles. The number of rotatable bonds is 2. The highest BCUT2D eigenvalue weighted by Gasteiger charge is 2.35. The molecule has 0 aromatic heterocycles. The Kier molecular flexibility index (Phi) is 3.76. The van der Waals surface area contributed by atoms with Crippen molar-refractivity contribution in [3.8, 4) is 0 Å². The molecule has 0 spiro atoms. The van der Waals surface area contributed by atoms with Gasteiger partial charge in [-0.15, -0.1) is 0 Å². The van der Waals surface area contributed by atoms with Gasteiger partial charge >= 0.3 is 0 Å². The van der Waals surface area contributed by atoms with Gasteiger partial charge in [-0.05, 0) is 41.3 Å². The number of fused-ring (bicyclic) bond motifs is 1. The molecule has 2 N–H and O–H groups in total. The van der Waals surface area contributed by atoms with E-state index in [0.29, 0.717) is 6.54 Å². The van der Waals surface area contributed by atoms with E-state index in [4.69, 9.17) is 5.73 Å². The minimum absolute atomic E-state index is 0.0531. The van der Waals surface area contributed by atoms with Crippen LogP contribution in [0.2, 0.25) is 0 Å². The fourth-order valence-corrected chi connectivity index (χ4v) is 3.46. The van der Waals surface area contributed by atoms with Crippen molar-refractivity contribution >= 4 is 32.6 Å². The molecule has 21 heavy (non-hydrogen) atoms. The Labute approximate surface area is 133 Å². The van der Waals surface area contributed by atoms with E-state index in [1.165, 1.54) is 0 Å². The van der Waals surface area contributed by atoms with E-state index in [-0.39, 0.29) is 11.3 Å². The molecule has 1 amide bonds. The SMILES string of the molecule is CC1(CN)CCN(C(=O)c2cc(Br)cc3ccccc23)C1. The van der Waals surface area contributed by atoms with Crippen molar-refractivity contribution in [2.45, 2.75) is 13.3 Å². The highest BCUT2D eigenvalue weighted by molar-refractivity contribution is 9.10. The van der Waals surface area contributed by atoms with Crippen LogP contribution in [0.1, 0.15) is 23.7 Å². The molecular formula is C17H19BrN2O. The van der Waals surface area contributed by atoms with Gasteiger partial charge in [0.05, 0.1) is 0 Å². The second kappa shape index (κ2) is 5.43. The van der Waals surface area contributed by atoms with E-state index >= 15 is 0 Å². The van der Waals surface area contributed by atoms with Crippen molar-refractivity contribution in [3.63, 3.8) is 0 Å². The lowest BCUT2D eigenvalue weighted by atomic mass is 9.90. The summed E-state index contributed by atoms with van der Waals surface area (Å²) in [7, 11) is 0. The molecule has 3 rings (SSSR count). The fraction of sp³-hybridized carbons (Fsp3) is 0.353. The molecule has 4 heteroatoms. The largest absolute Gasteiger partial charge is 0.338 e. The van der Waals surface area contributed by atoms with Crippen LogP contribution >= 0.6 is 15.9 Å². The average molecular weight is 347 g/mol. The highest BCUT2D eigenvalue weighted by atomic mass is 79.9. The number of hydrogen-bond donors (Lipinski definition) is 1. The normalized spacial score (nSPS) is 22.0. The van der Waals surface area contributed by atoms with Gasteiger partial charge in [0.1, 0.15) is 0 Å². The molecule has 1 unspecified atom stereocenters. The van der Waals surface area contributed by atoms with E-state index in [2.05, 4.69) is 22.9 Å². The predicted molar refractivity (Wildman–Crippen MR) is 89.3 cm³/mol. The first kappa shape index (κ1) is 14.5. The Morgan fingerprint density at radius 1 is 1.38 bits per heavy atom. The number of carbonyl (C=O) groups is 1. The zero-order valence-electron chi connectivity index (χ0n) is 12.1. The van der Waals surface area contributed by atoms with Gasteiger partial charge in [0.25, 0.3) is 5.91 Å². The molecule has 0 aliphatic carbocycles. The standard InChI is InChI=1S/C17H19BrN2O/c1-17(10-19)6-7-20(11-17)16(21)15-9-13(18)8-12-4-2-3-5-14(12)15/h2-5,8-9H,6-7,10-11,19H2,1H3. The molecule has 110 valence electrons. The van der Waals surface area contributed by atoms with Gasteiger partial charge < -0.3 is 10.6 Å². The summed E-state index contributed by atoms with van der Waals surface area (Å²) >= 11 is 3.51. The van der Waals surface area contributed by atoms with Gasteiger partial charge in [-0.1, -0.05) is 47.1 Å². The van der Waals surface area contributed by atoms with E-state index in [0.717, 1.165) is 40.3 Å². The molecule has 2 aromatic rings. The monoisotopic (exact) mass is 346 g/mol. The van der Waals surface area contributed by atoms with Gasteiger partial charge in [-0.25, -0.2) is 0 Å². The van der Waals surface area contributed by atoms with E-state index in [1.54, 1.807) is 0 Å². The minimum atomic E-state index is 0.0531. The smallest absolute Gasteiger partial charge is 0.254 e. The van der Waals surface area contributed by atoms with Gasteiger partial charge in [0, 0.05) is 23.1 Å². The van der Waals surface area contributed by atoms with Crippen molar-refractivity contribution in [2.75, 3.05) is 19.6 Å². The molecular weight excluding hydrogens is 328 g/mol. The van der Waals surface area contributed by atoms with E-state index < -0.39 is 0 Å². The van der Waals surface area contributed by atoms with Crippen molar-refractivity contribution < 1.29 is 4.79 Å². The van der Waals surface area contributed by atoms with Crippen molar-refractivity contribution in [3.05, 3.63) is 46.4 Å². The Bertz CT molecular complexity index is 700. The summed E-state index contributed by atoms with van der Waals surface area (Å²) in [6.07, 6.45) is 0.973. The Morgan fingerprint density at radius 2 is 2.14 bits per heavy atom. The molecule has 1 heterocycles. The zero-order valence-corrected chi connectivity index (χ0v) is 13.7. The first-order chi connectivity index (χ1) is 10.0. The van der Waals surface area contributed by atoms with Crippen LogP contribution in [0.25, 0.3) is 10.8 Å². The molecule has 1 fully saturated rings. The van der Waals surface area contributed by atoms with Crippen molar-refractivity contribution in [1.82, 2.24) is 4.90 Å². The molecule has 2 aromatic carbocycles. The van der Waals surface area contributed by atoms with Crippen LogP contribution in [0.4, 0.5) is 0 Å². The third-order valence-corrected chi connectivity index (χ3v) is 4.85. The number of hydrogen-bond acceptors (Lipinski definition) is 2. The zero-order chi connectivity index (χ0) is 15.0. The summed E-state index contributed by atoms with van der Waals surface area (Å²) in [4.78, 5) is 14.8. The summed E-state index contributed by atoms with van der Waals surface area (Å²) < 4.78 is 0.935. The minimum Gasteiger partial charge on any atom is -0.338 e. The third-order valence-electron chi connectivity index (χ3n) is 4.39. The number of nitrogens with zero attached hydrogens (tertiary/aromatic N) is 1. The lowest BCUT2D eigenvalue weighted by Crippen LogP contribution is -2.34. The Hall–Kier alpha value is -1.39. The molecule has 3 nitrogen and oxygen atoms in total. The maximum absolute atomic E-state index is 12.9. The second-order valence-electron chi connectivity index (χ2n) is 6.17. The van der Waals surface area contributed by atoms with Crippen LogP contribution in [0, 0.1) is 5.41 Å². The number of benzene rings is 2. The van der Waals surface area contributed by atoms with Gasteiger partial charge in [0.2, 0.25) is 0 Å². The first-order valence-corrected chi connectivity index (χ1v) is 7.99. The quantitative estimate of drug-likeness (QED) is 0.905. The number of nitrogens with two attached hydrogens (primary N) is 1. The summed E-state index contributed by atoms with van der Waals surface area (Å²) in [5.74, 6) is 0.102. The topological polar surface area (TPSA) is 46.3 Å². The Balaban J connectivity index is 1.99. The third kappa shape index (κ3) is 2.70. The maximum Gasteiger partial charge on any atom is 0.254 e. The lowest BCUT2D eigenvalue weighted by Gasteiger charge is -2.23. The summed E-state index contributed by atoms with van der Waals surface area (Å²) in [5, 5.41) is 2.09. The average Bonchev–Trinajstić information content (AvgIpc) is 2.89. The molecule has 1 atom stereocenters. The molecule has 1 aliphatic heterocycles. The summed E-state index contributed by atoms with van der Waals surface area (Å²) in [6, 6.07) is 12.0. The van der Waals surface area contributed by atoms with Gasteiger partial charge in [-0.2, -0.15) is 0 Å². The first-order valence-electron chi connectivity index (χ1n) is 7.20. The number of amides is 1. The predicted octanol–water partition coefficient (Wildman–Crippen LogP) is 3.41. The van der Waals surface area contributed by atoms with Gasteiger partial charge in [-0.3, -0.25) is 4.79 Å². The van der Waals surface area contributed by atoms with Crippen LogP contribution in [0.5, 0.6) is 0 Å². The Morgan fingerprint density at radius 3 is 2.86 bits per heavy atom. The number of likely N-dealkylation sites (tertiary alicyclic amines) is 1. The number of halogens is 1. The fourth-order valence-electron chi connectivity index (χ4n) is 2.99. The lowest BCUT2D eigenvalue weighted by molar-refractivity contribution is 0.0779. The second-order valence-corrected chi connectivity index (χ2v) is 7.08. The van der Waals surface area contributed by atoms with Crippen molar-refractivity contribution in [1.29, 1.82) is 0 Å². The van der Waals surface area contributed by atoms with Gasteiger partial charge in [0.15, 0.2) is 0 Å². The molecule has 0 bridgehead atoms. The van der Waals surface area contributed by atoms with E-state index in [9.17, 15) is 4.79 Å².